The Hall–Kier alpha value is -0.240. The van der Waals surface area contributed by atoms with Crippen LogP contribution in [0.25, 0.3) is 0 Å². The summed E-state index contributed by atoms with van der Waals surface area (Å²) in [5.41, 5.74) is 1.50. The van der Waals surface area contributed by atoms with E-state index < -0.39 is 0 Å². The molecular weight excluding hydrogens is 205 g/mol. The lowest BCUT2D eigenvalue weighted by molar-refractivity contribution is 0.716. The molecule has 0 aliphatic heterocycles. The number of hydrogen-bond acceptors (Lipinski definition) is 1. The molecule has 2 atom stereocenters. The molecule has 1 N–H and O–H groups in total. The summed E-state index contributed by atoms with van der Waals surface area (Å²) in [7, 11) is 0. The largest absolute Gasteiger partial charge is 0.230 e. The summed E-state index contributed by atoms with van der Waals surface area (Å²) < 4.78 is 0. The van der Waals surface area contributed by atoms with Gasteiger partial charge in [0.15, 0.2) is 0 Å². The van der Waals surface area contributed by atoms with E-state index in [2.05, 4.69) is 23.9 Å². The zero-order chi connectivity index (χ0) is 9.47. The van der Waals surface area contributed by atoms with Crippen LogP contribution < -0.4 is 4.84 Å². The average Bonchev–Trinajstić information content (AvgIpc) is 2.80. The number of hydrogen-bond donors (Lipinski definition) is 1. The molecule has 1 aromatic carbocycles. The topological polar surface area (TPSA) is 12.0 Å². The van der Waals surface area contributed by atoms with Gasteiger partial charge in [0, 0.05) is 16.5 Å². The molecule has 1 saturated carbocycles. The van der Waals surface area contributed by atoms with Gasteiger partial charge >= 0.3 is 0 Å². The van der Waals surface area contributed by atoms with Gasteiger partial charge in [-0.25, -0.2) is 4.84 Å². The molecule has 0 aromatic heterocycles. The Bertz CT molecular complexity index is 309. The minimum absolute atomic E-state index is 0.201. The Morgan fingerprint density at radius 3 is 2.46 bits per heavy atom. The van der Waals surface area contributed by atoms with Gasteiger partial charge in [0.25, 0.3) is 0 Å². The predicted octanol–water partition coefficient (Wildman–Crippen LogP) is 3.11. The first-order chi connectivity index (χ1) is 6.16. The Morgan fingerprint density at radius 1 is 1.38 bits per heavy atom. The van der Waals surface area contributed by atoms with E-state index in [0.29, 0.717) is 6.04 Å². The summed E-state index contributed by atoms with van der Waals surface area (Å²) in [6.45, 7) is 2.20. The van der Waals surface area contributed by atoms with Crippen molar-refractivity contribution in [1.29, 1.82) is 0 Å². The molecule has 1 aliphatic carbocycles. The van der Waals surface area contributed by atoms with Gasteiger partial charge < -0.3 is 0 Å². The number of halogens is 2. The van der Waals surface area contributed by atoms with Crippen LogP contribution in [0.2, 0.25) is 5.02 Å². The van der Waals surface area contributed by atoms with Gasteiger partial charge in [-0.05, 0) is 35.9 Å². The van der Waals surface area contributed by atoms with Crippen molar-refractivity contribution in [3.63, 3.8) is 0 Å². The molecule has 3 heteroatoms. The van der Waals surface area contributed by atoms with E-state index in [-0.39, 0.29) is 5.41 Å². The highest BCUT2D eigenvalue weighted by Crippen LogP contribution is 2.48. The van der Waals surface area contributed by atoms with Crippen molar-refractivity contribution in [2.24, 2.45) is 0 Å². The first-order valence-electron chi connectivity index (χ1n) is 4.29. The fourth-order valence-corrected chi connectivity index (χ4v) is 2.12. The molecule has 1 nitrogen and oxygen atoms in total. The number of nitrogens with one attached hydrogen (secondary N) is 1. The lowest BCUT2D eigenvalue weighted by Gasteiger charge is -2.10. The lowest BCUT2D eigenvalue weighted by atomic mass is 9.98. The molecule has 0 heterocycles. The first kappa shape index (κ1) is 9.32. The molecule has 13 heavy (non-hydrogen) atoms. The van der Waals surface area contributed by atoms with E-state index in [9.17, 15) is 0 Å². The molecule has 0 amide bonds. The second-order valence-corrected chi connectivity index (χ2v) is 4.44. The third-order valence-corrected chi connectivity index (χ3v) is 3.39. The van der Waals surface area contributed by atoms with E-state index >= 15 is 0 Å². The number of rotatable bonds is 2. The fourth-order valence-electron chi connectivity index (χ4n) is 1.67. The standard InChI is InChI=1S/C10H11Cl2N/c1-10(6-9(10)13-12)7-2-4-8(11)5-3-7/h2-5,9,13H,6H2,1H3/t9-,10-/m1/s1. The third kappa shape index (κ3) is 1.56. The van der Waals surface area contributed by atoms with Crippen molar-refractivity contribution < 1.29 is 0 Å². The second kappa shape index (κ2) is 3.16. The van der Waals surface area contributed by atoms with Gasteiger partial charge in [-0.2, -0.15) is 0 Å². The van der Waals surface area contributed by atoms with Crippen molar-refractivity contribution in [2.45, 2.75) is 24.8 Å². The highest BCUT2D eigenvalue weighted by Gasteiger charge is 2.50. The van der Waals surface area contributed by atoms with Gasteiger partial charge in [-0.15, -0.1) is 0 Å². The maximum Gasteiger partial charge on any atom is 0.0406 e. The van der Waals surface area contributed by atoms with E-state index in [1.54, 1.807) is 0 Å². The maximum absolute atomic E-state index is 5.81. The summed E-state index contributed by atoms with van der Waals surface area (Å²) in [4.78, 5) is 2.78. The zero-order valence-electron chi connectivity index (χ0n) is 7.35. The van der Waals surface area contributed by atoms with Crippen LogP contribution in [-0.2, 0) is 5.41 Å². The highest BCUT2D eigenvalue weighted by molar-refractivity contribution is 6.30. The Labute approximate surface area is 88.2 Å². The Balaban J connectivity index is 2.23. The average molecular weight is 216 g/mol. The van der Waals surface area contributed by atoms with Crippen LogP contribution >= 0.6 is 23.4 Å². The SMILES string of the molecule is C[C@]1(c2ccc(Cl)cc2)C[C@H]1NCl. The molecular formula is C10H11Cl2N. The molecule has 2 rings (SSSR count). The van der Waals surface area contributed by atoms with Crippen molar-refractivity contribution in [2.75, 3.05) is 0 Å². The molecule has 0 saturated heterocycles. The van der Waals surface area contributed by atoms with E-state index in [1.807, 2.05) is 12.1 Å². The molecule has 0 spiro atoms. The van der Waals surface area contributed by atoms with E-state index in [4.69, 9.17) is 23.4 Å². The summed E-state index contributed by atoms with van der Waals surface area (Å²) in [6.07, 6.45) is 1.10. The summed E-state index contributed by atoms with van der Waals surface area (Å²) in [6, 6.07) is 8.38. The molecule has 0 bridgehead atoms. The smallest absolute Gasteiger partial charge is 0.0406 e. The van der Waals surface area contributed by atoms with Crippen molar-refractivity contribution in [3.05, 3.63) is 34.9 Å². The number of benzene rings is 1. The highest BCUT2D eigenvalue weighted by atomic mass is 35.5. The van der Waals surface area contributed by atoms with Gasteiger partial charge in [0.05, 0.1) is 0 Å². The van der Waals surface area contributed by atoms with E-state index in [1.165, 1.54) is 5.56 Å². The van der Waals surface area contributed by atoms with Crippen LogP contribution in [0.1, 0.15) is 18.9 Å². The van der Waals surface area contributed by atoms with Gasteiger partial charge in [-0.1, -0.05) is 30.7 Å². The summed E-state index contributed by atoms with van der Waals surface area (Å²) in [5, 5.41) is 0.781. The zero-order valence-corrected chi connectivity index (χ0v) is 8.86. The van der Waals surface area contributed by atoms with Crippen molar-refractivity contribution >= 4 is 23.4 Å². The molecule has 1 aromatic rings. The Kier molecular flexibility index (Phi) is 2.26. The van der Waals surface area contributed by atoms with Crippen LogP contribution in [0.15, 0.2) is 24.3 Å². The molecule has 0 radical (unpaired) electrons. The van der Waals surface area contributed by atoms with Gasteiger partial charge in [0.1, 0.15) is 0 Å². The van der Waals surface area contributed by atoms with Crippen molar-refractivity contribution in [1.82, 2.24) is 4.84 Å². The van der Waals surface area contributed by atoms with Crippen LogP contribution in [0.4, 0.5) is 0 Å². The normalized spacial score (nSPS) is 31.8. The van der Waals surface area contributed by atoms with Crippen LogP contribution in [0.5, 0.6) is 0 Å². The van der Waals surface area contributed by atoms with Crippen LogP contribution in [0, 0.1) is 0 Å². The lowest BCUT2D eigenvalue weighted by Crippen LogP contribution is -2.15. The summed E-state index contributed by atoms with van der Waals surface area (Å²) in [5.74, 6) is 0. The van der Waals surface area contributed by atoms with Gasteiger partial charge in [0.2, 0.25) is 0 Å². The second-order valence-electron chi connectivity index (χ2n) is 3.79. The molecule has 70 valence electrons. The van der Waals surface area contributed by atoms with Crippen LogP contribution in [0.3, 0.4) is 0 Å². The predicted molar refractivity (Wildman–Crippen MR) is 56.2 cm³/mol. The molecule has 0 unspecified atom stereocenters. The minimum Gasteiger partial charge on any atom is -0.230 e. The van der Waals surface area contributed by atoms with E-state index in [0.717, 1.165) is 11.4 Å². The molecule has 1 fully saturated rings. The Morgan fingerprint density at radius 2 is 2.00 bits per heavy atom. The fraction of sp³-hybridized carbons (Fsp3) is 0.400. The van der Waals surface area contributed by atoms with Crippen molar-refractivity contribution in [3.8, 4) is 0 Å². The monoisotopic (exact) mass is 215 g/mol. The summed E-state index contributed by atoms with van der Waals surface area (Å²) >= 11 is 11.4. The van der Waals surface area contributed by atoms with Crippen LogP contribution in [-0.4, -0.2) is 6.04 Å². The maximum atomic E-state index is 5.81. The molecule has 1 aliphatic rings. The van der Waals surface area contributed by atoms with Gasteiger partial charge in [-0.3, -0.25) is 0 Å². The first-order valence-corrected chi connectivity index (χ1v) is 5.04. The minimum atomic E-state index is 0.201. The quantitative estimate of drug-likeness (QED) is 0.749. The third-order valence-electron chi connectivity index (χ3n) is 2.87.